The quantitative estimate of drug-likeness (QED) is 0.850. The van der Waals surface area contributed by atoms with Crippen molar-refractivity contribution in [3.05, 3.63) is 29.8 Å². The minimum absolute atomic E-state index is 0.160. The van der Waals surface area contributed by atoms with Crippen LogP contribution in [0.15, 0.2) is 24.3 Å². The Kier molecular flexibility index (Phi) is 4.90. The lowest BCUT2D eigenvalue weighted by Gasteiger charge is -2.14. The van der Waals surface area contributed by atoms with Crippen molar-refractivity contribution in [2.45, 2.75) is 32.1 Å². The Hall–Kier alpha value is -1.43. The Balaban J connectivity index is 2.00. The van der Waals surface area contributed by atoms with Crippen molar-refractivity contribution >= 4 is 11.6 Å². The second-order valence-electron chi connectivity index (χ2n) is 4.58. The standard InChI is InChI=1S/C14H20N2O3/c1-2-4-12(15)13(17)16-11-6-3-5-10(9-11)14-18-7-8-19-14/h3,5-6,9,12,14H,2,4,7-8,15H2,1H3,(H,16,17)/t12-/m1/s1. The number of ether oxygens (including phenoxy) is 2. The molecule has 0 spiro atoms. The van der Waals surface area contributed by atoms with Gasteiger partial charge in [0.05, 0.1) is 19.3 Å². The van der Waals surface area contributed by atoms with E-state index in [1.165, 1.54) is 0 Å². The van der Waals surface area contributed by atoms with Gasteiger partial charge in [-0.25, -0.2) is 0 Å². The van der Waals surface area contributed by atoms with Crippen LogP contribution in [0, 0.1) is 0 Å². The fraction of sp³-hybridized carbons (Fsp3) is 0.500. The zero-order valence-electron chi connectivity index (χ0n) is 11.1. The van der Waals surface area contributed by atoms with Crippen LogP contribution < -0.4 is 11.1 Å². The zero-order chi connectivity index (χ0) is 13.7. The first-order chi connectivity index (χ1) is 9.20. The minimum atomic E-state index is -0.465. The van der Waals surface area contributed by atoms with Gasteiger partial charge in [0, 0.05) is 11.3 Å². The third-order valence-corrected chi connectivity index (χ3v) is 2.98. The number of carbonyl (C=O) groups is 1. The maximum atomic E-state index is 11.8. The van der Waals surface area contributed by atoms with Crippen LogP contribution in [0.1, 0.15) is 31.6 Å². The molecule has 0 bridgehead atoms. The first-order valence-electron chi connectivity index (χ1n) is 6.60. The predicted molar refractivity (Wildman–Crippen MR) is 72.6 cm³/mol. The van der Waals surface area contributed by atoms with Crippen molar-refractivity contribution in [3.63, 3.8) is 0 Å². The first-order valence-corrected chi connectivity index (χ1v) is 6.60. The third kappa shape index (κ3) is 3.76. The van der Waals surface area contributed by atoms with Gasteiger partial charge in [-0.1, -0.05) is 25.5 Å². The van der Waals surface area contributed by atoms with Crippen LogP contribution in [0.25, 0.3) is 0 Å². The third-order valence-electron chi connectivity index (χ3n) is 2.98. The summed E-state index contributed by atoms with van der Waals surface area (Å²) in [5.41, 5.74) is 7.39. The van der Waals surface area contributed by atoms with Crippen molar-refractivity contribution in [2.75, 3.05) is 18.5 Å². The Labute approximate surface area is 113 Å². The summed E-state index contributed by atoms with van der Waals surface area (Å²) in [4.78, 5) is 11.8. The maximum absolute atomic E-state index is 11.8. The van der Waals surface area contributed by atoms with Crippen LogP contribution in [-0.4, -0.2) is 25.2 Å². The van der Waals surface area contributed by atoms with Gasteiger partial charge in [-0.3, -0.25) is 4.79 Å². The average Bonchev–Trinajstić information content (AvgIpc) is 2.93. The molecular formula is C14H20N2O3. The average molecular weight is 264 g/mol. The van der Waals surface area contributed by atoms with Crippen molar-refractivity contribution in [2.24, 2.45) is 5.73 Å². The van der Waals surface area contributed by atoms with Gasteiger partial charge in [-0.2, -0.15) is 0 Å². The number of benzene rings is 1. The molecule has 5 heteroatoms. The highest BCUT2D eigenvalue weighted by atomic mass is 16.7. The number of rotatable bonds is 5. The highest BCUT2D eigenvalue weighted by Gasteiger charge is 2.19. The molecule has 1 atom stereocenters. The van der Waals surface area contributed by atoms with E-state index < -0.39 is 6.04 Å². The Morgan fingerprint density at radius 2 is 2.21 bits per heavy atom. The summed E-state index contributed by atoms with van der Waals surface area (Å²) in [6.45, 7) is 3.20. The maximum Gasteiger partial charge on any atom is 0.241 e. The summed E-state index contributed by atoms with van der Waals surface area (Å²) >= 11 is 0. The van der Waals surface area contributed by atoms with Gasteiger partial charge >= 0.3 is 0 Å². The summed E-state index contributed by atoms with van der Waals surface area (Å²) < 4.78 is 10.9. The molecule has 5 nitrogen and oxygen atoms in total. The molecule has 1 saturated heterocycles. The van der Waals surface area contributed by atoms with Crippen molar-refractivity contribution < 1.29 is 14.3 Å². The molecule has 1 fully saturated rings. The number of hydrogen-bond acceptors (Lipinski definition) is 4. The molecule has 3 N–H and O–H groups in total. The molecule has 0 aliphatic carbocycles. The van der Waals surface area contributed by atoms with E-state index >= 15 is 0 Å². The molecule has 0 saturated carbocycles. The number of anilines is 1. The molecule has 1 aliphatic heterocycles. The van der Waals surface area contributed by atoms with E-state index in [2.05, 4.69) is 5.32 Å². The first kappa shape index (κ1) is 14.0. The second-order valence-corrected chi connectivity index (χ2v) is 4.58. The van der Waals surface area contributed by atoms with Gasteiger partial charge in [0.2, 0.25) is 5.91 Å². The van der Waals surface area contributed by atoms with Crippen molar-refractivity contribution in [3.8, 4) is 0 Å². The van der Waals surface area contributed by atoms with Gasteiger partial charge in [-0.15, -0.1) is 0 Å². The number of nitrogens with one attached hydrogen (secondary N) is 1. The van der Waals surface area contributed by atoms with Crippen LogP contribution in [0.2, 0.25) is 0 Å². The van der Waals surface area contributed by atoms with E-state index in [-0.39, 0.29) is 12.2 Å². The molecule has 2 rings (SSSR count). The SMILES string of the molecule is CCC[C@@H](N)C(=O)Nc1cccc(C2OCCO2)c1. The Morgan fingerprint density at radius 3 is 2.89 bits per heavy atom. The molecule has 1 heterocycles. The summed E-state index contributed by atoms with van der Waals surface area (Å²) in [5.74, 6) is -0.160. The molecule has 1 aromatic rings. The van der Waals surface area contributed by atoms with Gasteiger partial charge < -0.3 is 20.5 Å². The Morgan fingerprint density at radius 1 is 1.47 bits per heavy atom. The van der Waals surface area contributed by atoms with Gasteiger partial charge in [0.1, 0.15) is 0 Å². The molecule has 0 aromatic heterocycles. The van der Waals surface area contributed by atoms with Crippen LogP contribution in [0.5, 0.6) is 0 Å². The predicted octanol–water partition coefficient (Wildman–Crippen LogP) is 1.80. The van der Waals surface area contributed by atoms with Crippen molar-refractivity contribution in [1.29, 1.82) is 0 Å². The largest absolute Gasteiger partial charge is 0.346 e. The van der Waals surface area contributed by atoms with E-state index in [1.807, 2.05) is 31.2 Å². The molecule has 0 radical (unpaired) electrons. The molecule has 1 amide bonds. The summed E-state index contributed by atoms with van der Waals surface area (Å²) in [7, 11) is 0. The van der Waals surface area contributed by atoms with Gasteiger partial charge in [0.25, 0.3) is 0 Å². The van der Waals surface area contributed by atoms with Crippen LogP contribution >= 0.6 is 0 Å². The fourth-order valence-corrected chi connectivity index (χ4v) is 1.99. The van der Waals surface area contributed by atoms with E-state index in [4.69, 9.17) is 15.2 Å². The topological polar surface area (TPSA) is 73.6 Å². The number of hydrogen-bond donors (Lipinski definition) is 2. The summed E-state index contributed by atoms with van der Waals surface area (Å²) in [6.07, 6.45) is 1.24. The molecule has 1 aromatic carbocycles. The van der Waals surface area contributed by atoms with Crippen LogP contribution in [-0.2, 0) is 14.3 Å². The Bertz CT molecular complexity index is 430. The zero-order valence-corrected chi connectivity index (χ0v) is 11.1. The normalized spacial score (nSPS) is 17.4. The highest BCUT2D eigenvalue weighted by molar-refractivity contribution is 5.94. The van der Waals surface area contributed by atoms with Gasteiger partial charge in [0.15, 0.2) is 6.29 Å². The van der Waals surface area contributed by atoms with E-state index in [9.17, 15) is 4.79 Å². The van der Waals surface area contributed by atoms with Crippen LogP contribution in [0.4, 0.5) is 5.69 Å². The summed E-state index contributed by atoms with van der Waals surface area (Å²) in [6, 6.07) is 6.99. The number of amides is 1. The second kappa shape index (κ2) is 6.65. The molecular weight excluding hydrogens is 244 g/mol. The lowest BCUT2D eigenvalue weighted by molar-refractivity contribution is -0.117. The van der Waals surface area contributed by atoms with Crippen LogP contribution in [0.3, 0.4) is 0 Å². The molecule has 19 heavy (non-hydrogen) atoms. The molecule has 1 aliphatic rings. The monoisotopic (exact) mass is 264 g/mol. The smallest absolute Gasteiger partial charge is 0.241 e. The fourth-order valence-electron chi connectivity index (χ4n) is 1.99. The summed E-state index contributed by atoms with van der Waals surface area (Å²) in [5, 5.41) is 2.82. The highest BCUT2D eigenvalue weighted by Crippen LogP contribution is 2.25. The van der Waals surface area contributed by atoms with E-state index in [1.54, 1.807) is 0 Å². The lowest BCUT2D eigenvalue weighted by atomic mass is 10.1. The van der Waals surface area contributed by atoms with E-state index in [0.717, 1.165) is 12.0 Å². The number of nitrogens with two attached hydrogens (primary N) is 1. The van der Waals surface area contributed by atoms with Gasteiger partial charge in [-0.05, 0) is 18.6 Å². The van der Waals surface area contributed by atoms with Crippen molar-refractivity contribution in [1.82, 2.24) is 0 Å². The lowest BCUT2D eigenvalue weighted by Crippen LogP contribution is -2.35. The minimum Gasteiger partial charge on any atom is -0.346 e. The molecule has 0 unspecified atom stereocenters. The molecule has 104 valence electrons. The van der Waals surface area contributed by atoms with E-state index in [0.29, 0.717) is 25.3 Å². The number of carbonyl (C=O) groups excluding carboxylic acids is 1.